The Morgan fingerprint density at radius 3 is 1.33 bits per heavy atom. The standard InChI is InChI=1S/C33H60N2O4/c1-13-33(12,27(37)39-25-20-30(6,7)35-31(8,9)21-25)23-16-14-22(15-17-23)32(10,11)26(36)38-24-18-28(2,3)34-29(4,5)19-24/h22-25,34-35H,13-21H2,1-12H3. The lowest BCUT2D eigenvalue weighted by Crippen LogP contribution is -2.60. The van der Waals surface area contributed by atoms with Crippen molar-refractivity contribution in [3.8, 4) is 0 Å². The van der Waals surface area contributed by atoms with Gasteiger partial charge in [-0.15, -0.1) is 0 Å². The smallest absolute Gasteiger partial charge is 0.312 e. The van der Waals surface area contributed by atoms with E-state index in [2.05, 4.69) is 93.7 Å². The number of ether oxygens (including phenoxy) is 2. The maximum Gasteiger partial charge on any atom is 0.312 e. The summed E-state index contributed by atoms with van der Waals surface area (Å²) in [4.78, 5) is 27.2. The highest BCUT2D eigenvalue weighted by molar-refractivity contribution is 5.77. The van der Waals surface area contributed by atoms with E-state index < -0.39 is 10.8 Å². The Labute approximate surface area is 239 Å². The lowest BCUT2D eigenvalue weighted by molar-refractivity contribution is -0.173. The van der Waals surface area contributed by atoms with Crippen LogP contribution in [0.4, 0.5) is 0 Å². The summed E-state index contributed by atoms with van der Waals surface area (Å²) < 4.78 is 12.5. The number of hydrogen-bond donors (Lipinski definition) is 2. The number of rotatable bonds is 7. The van der Waals surface area contributed by atoms with E-state index >= 15 is 0 Å². The van der Waals surface area contributed by atoms with Gasteiger partial charge in [-0.25, -0.2) is 0 Å². The second kappa shape index (κ2) is 10.9. The monoisotopic (exact) mass is 548 g/mol. The van der Waals surface area contributed by atoms with Gasteiger partial charge in [0.15, 0.2) is 0 Å². The number of nitrogens with one attached hydrogen (secondary N) is 2. The molecule has 2 saturated heterocycles. The van der Waals surface area contributed by atoms with Gasteiger partial charge in [0.05, 0.1) is 10.8 Å². The third kappa shape index (κ3) is 7.78. The van der Waals surface area contributed by atoms with Crippen molar-refractivity contribution < 1.29 is 19.1 Å². The molecule has 3 rings (SSSR count). The maximum atomic E-state index is 13.7. The molecule has 2 heterocycles. The van der Waals surface area contributed by atoms with Crippen molar-refractivity contribution in [2.24, 2.45) is 22.7 Å². The average molecular weight is 549 g/mol. The number of hydrogen-bond acceptors (Lipinski definition) is 6. The minimum atomic E-state index is -0.542. The zero-order valence-electron chi connectivity index (χ0n) is 27.3. The first-order valence-corrected chi connectivity index (χ1v) is 15.6. The van der Waals surface area contributed by atoms with Crippen molar-refractivity contribution in [3.05, 3.63) is 0 Å². The van der Waals surface area contributed by atoms with E-state index in [9.17, 15) is 9.59 Å². The molecule has 2 N–H and O–H groups in total. The molecule has 0 amide bonds. The maximum absolute atomic E-state index is 13.7. The highest BCUT2D eigenvalue weighted by Crippen LogP contribution is 2.48. The molecular weight excluding hydrogens is 488 g/mol. The summed E-state index contributed by atoms with van der Waals surface area (Å²) in [5.74, 6) is 0.416. The van der Waals surface area contributed by atoms with E-state index in [0.29, 0.717) is 0 Å². The van der Waals surface area contributed by atoms with Gasteiger partial charge in [0.25, 0.3) is 0 Å². The van der Waals surface area contributed by atoms with Gasteiger partial charge >= 0.3 is 11.9 Å². The van der Waals surface area contributed by atoms with Crippen LogP contribution < -0.4 is 10.6 Å². The summed E-state index contributed by atoms with van der Waals surface area (Å²) in [6.45, 7) is 25.8. The molecule has 1 saturated carbocycles. The van der Waals surface area contributed by atoms with E-state index in [-0.39, 0.29) is 58.1 Å². The molecule has 3 fully saturated rings. The number of piperidine rings is 2. The van der Waals surface area contributed by atoms with Gasteiger partial charge in [-0.1, -0.05) is 6.92 Å². The fourth-order valence-corrected chi connectivity index (χ4v) is 8.43. The fraction of sp³-hybridized carbons (Fsp3) is 0.939. The van der Waals surface area contributed by atoms with Gasteiger partial charge in [-0.2, -0.15) is 0 Å². The van der Waals surface area contributed by atoms with Crippen molar-refractivity contribution in [1.29, 1.82) is 0 Å². The number of carbonyl (C=O) groups is 2. The van der Waals surface area contributed by atoms with Crippen molar-refractivity contribution in [2.45, 2.75) is 175 Å². The molecule has 0 aromatic rings. The molecule has 2 aliphatic heterocycles. The Kier molecular flexibility index (Phi) is 9.07. The molecule has 3 aliphatic rings. The molecule has 1 unspecified atom stereocenters. The third-order valence-corrected chi connectivity index (χ3v) is 10.2. The van der Waals surface area contributed by atoms with E-state index in [4.69, 9.17) is 9.47 Å². The van der Waals surface area contributed by atoms with Crippen LogP contribution in [0, 0.1) is 22.7 Å². The first-order valence-electron chi connectivity index (χ1n) is 15.6. The van der Waals surface area contributed by atoms with Gasteiger partial charge < -0.3 is 20.1 Å². The van der Waals surface area contributed by atoms with E-state index in [1.165, 1.54) is 0 Å². The zero-order valence-corrected chi connectivity index (χ0v) is 27.3. The molecule has 1 atom stereocenters. The van der Waals surface area contributed by atoms with Gasteiger partial charge in [0, 0.05) is 47.8 Å². The minimum absolute atomic E-state index is 0.0400. The van der Waals surface area contributed by atoms with Crippen LogP contribution in [0.5, 0.6) is 0 Å². The van der Waals surface area contributed by atoms with Crippen LogP contribution in [0.15, 0.2) is 0 Å². The highest BCUT2D eigenvalue weighted by atomic mass is 16.5. The zero-order chi connectivity index (χ0) is 29.7. The lowest BCUT2D eigenvalue weighted by Gasteiger charge is -2.48. The Hall–Kier alpha value is -1.14. The molecule has 39 heavy (non-hydrogen) atoms. The molecular formula is C33H60N2O4. The second-order valence-electron chi connectivity index (χ2n) is 16.7. The van der Waals surface area contributed by atoms with Crippen LogP contribution in [0.3, 0.4) is 0 Å². The summed E-state index contributed by atoms with van der Waals surface area (Å²) >= 11 is 0. The first-order chi connectivity index (χ1) is 17.6. The minimum Gasteiger partial charge on any atom is -0.462 e. The molecule has 1 aliphatic carbocycles. The summed E-state index contributed by atoms with van der Waals surface area (Å²) in [6, 6.07) is 0. The third-order valence-electron chi connectivity index (χ3n) is 10.2. The number of carbonyl (C=O) groups excluding carboxylic acids is 2. The summed E-state index contributed by atoms with van der Waals surface area (Å²) in [5, 5.41) is 7.35. The normalized spacial score (nSPS) is 30.7. The fourth-order valence-electron chi connectivity index (χ4n) is 8.43. The quantitative estimate of drug-likeness (QED) is 0.336. The topological polar surface area (TPSA) is 76.7 Å². The van der Waals surface area contributed by atoms with Gasteiger partial charge in [0.1, 0.15) is 12.2 Å². The Bertz CT molecular complexity index is 865. The van der Waals surface area contributed by atoms with Gasteiger partial charge in [-0.3, -0.25) is 9.59 Å². The van der Waals surface area contributed by atoms with Crippen LogP contribution in [0.2, 0.25) is 0 Å². The van der Waals surface area contributed by atoms with Gasteiger partial charge in [0.2, 0.25) is 0 Å². The van der Waals surface area contributed by atoms with Gasteiger partial charge in [-0.05, 0) is 120 Å². The summed E-state index contributed by atoms with van der Waals surface area (Å²) in [6.07, 6.45) is 7.71. The summed E-state index contributed by atoms with van der Waals surface area (Å²) in [7, 11) is 0. The predicted molar refractivity (Wildman–Crippen MR) is 158 cm³/mol. The Morgan fingerprint density at radius 1 is 0.641 bits per heavy atom. The second-order valence-corrected chi connectivity index (χ2v) is 16.7. The molecule has 6 heteroatoms. The number of esters is 2. The molecule has 6 nitrogen and oxygen atoms in total. The molecule has 0 aromatic heterocycles. The van der Waals surface area contributed by atoms with Crippen LogP contribution in [0.25, 0.3) is 0 Å². The average Bonchev–Trinajstić information content (AvgIpc) is 2.74. The van der Waals surface area contributed by atoms with E-state index in [1.807, 2.05) is 0 Å². The molecule has 226 valence electrons. The SMILES string of the molecule is CCC(C)(C(=O)OC1CC(C)(C)NC(C)(C)C1)C1CCC(C(C)(C)C(=O)OC2CC(C)(C)NC(C)(C)C2)CC1. The highest BCUT2D eigenvalue weighted by Gasteiger charge is 2.49. The van der Waals surface area contributed by atoms with Crippen LogP contribution in [-0.2, 0) is 19.1 Å². The summed E-state index contributed by atoms with van der Waals surface area (Å²) in [5.41, 5.74) is -1.29. The van der Waals surface area contributed by atoms with Crippen molar-refractivity contribution in [3.63, 3.8) is 0 Å². The first kappa shape index (κ1) is 32.4. The van der Waals surface area contributed by atoms with Crippen molar-refractivity contribution in [2.75, 3.05) is 0 Å². The molecule has 0 aromatic carbocycles. The van der Waals surface area contributed by atoms with Crippen molar-refractivity contribution >= 4 is 11.9 Å². The van der Waals surface area contributed by atoms with Crippen LogP contribution in [0.1, 0.15) is 141 Å². The Morgan fingerprint density at radius 2 is 0.974 bits per heavy atom. The molecule has 0 radical (unpaired) electrons. The van der Waals surface area contributed by atoms with E-state index in [1.54, 1.807) is 0 Å². The van der Waals surface area contributed by atoms with Crippen LogP contribution in [-0.4, -0.2) is 46.3 Å². The molecule has 0 bridgehead atoms. The largest absolute Gasteiger partial charge is 0.462 e. The molecule has 0 spiro atoms. The predicted octanol–water partition coefficient (Wildman–Crippen LogP) is 6.94. The lowest BCUT2D eigenvalue weighted by atomic mass is 9.62. The Balaban J connectivity index is 1.60. The van der Waals surface area contributed by atoms with Crippen molar-refractivity contribution in [1.82, 2.24) is 10.6 Å². The van der Waals surface area contributed by atoms with Crippen LogP contribution >= 0.6 is 0 Å². The van der Waals surface area contributed by atoms with E-state index in [0.717, 1.165) is 57.8 Å².